The van der Waals surface area contributed by atoms with Gasteiger partial charge in [0.25, 0.3) is 0 Å². The van der Waals surface area contributed by atoms with E-state index in [0.29, 0.717) is 5.82 Å². The van der Waals surface area contributed by atoms with Gasteiger partial charge in [0, 0.05) is 12.5 Å². The van der Waals surface area contributed by atoms with Gasteiger partial charge in [-0.25, -0.2) is 0 Å². The van der Waals surface area contributed by atoms with Crippen LogP contribution in [0.4, 0.5) is 5.82 Å². The lowest BCUT2D eigenvalue weighted by molar-refractivity contribution is 0.386. The molecule has 0 amide bonds. The molecule has 2 heterocycles. The van der Waals surface area contributed by atoms with Crippen molar-refractivity contribution in [3.8, 4) is 0 Å². The Morgan fingerprint density at radius 2 is 2.38 bits per heavy atom. The Labute approximate surface area is 80.2 Å². The second-order valence-corrected chi connectivity index (χ2v) is 3.63. The number of rotatable bonds is 3. The lowest BCUT2D eigenvalue weighted by Gasteiger charge is -1.91. The Morgan fingerprint density at radius 1 is 1.46 bits per heavy atom. The molecule has 68 valence electrons. The van der Waals surface area contributed by atoms with Gasteiger partial charge in [0.15, 0.2) is 5.82 Å². The number of nitrogens with two attached hydrogens (primary N) is 1. The highest BCUT2D eigenvalue weighted by molar-refractivity contribution is 7.07. The fourth-order valence-electron chi connectivity index (χ4n) is 1.15. The summed E-state index contributed by atoms with van der Waals surface area (Å²) in [6, 6.07) is 3.89. The number of hydrogen-bond donors (Lipinski definition) is 1. The van der Waals surface area contributed by atoms with Crippen LogP contribution in [0.2, 0.25) is 0 Å². The maximum Gasteiger partial charge on any atom is 0.167 e. The number of hydrogen-bond acceptors (Lipinski definition) is 4. The standard InChI is InChI=1S/C9H10N2OS/c10-9-5-8(12-11-9)2-1-7-3-4-13-6-7/h3-6H,1-2H2,(H2,10,11). The molecular formula is C9H10N2OS. The molecule has 0 aliphatic heterocycles. The van der Waals surface area contributed by atoms with Crippen molar-refractivity contribution in [2.75, 3.05) is 5.73 Å². The normalized spacial score (nSPS) is 10.5. The van der Waals surface area contributed by atoms with E-state index in [1.165, 1.54) is 5.56 Å². The average molecular weight is 194 g/mol. The summed E-state index contributed by atoms with van der Waals surface area (Å²) in [5.41, 5.74) is 6.76. The maximum atomic E-state index is 5.42. The smallest absolute Gasteiger partial charge is 0.167 e. The predicted molar refractivity (Wildman–Crippen MR) is 52.6 cm³/mol. The van der Waals surface area contributed by atoms with E-state index in [9.17, 15) is 0 Å². The first kappa shape index (κ1) is 8.31. The van der Waals surface area contributed by atoms with Gasteiger partial charge in [-0.15, -0.1) is 0 Å². The third-order valence-corrected chi connectivity index (χ3v) is 2.55. The number of thiophene rings is 1. The Morgan fingerprint density at radius 3 is 3.00 bits per heavy atom. The monoisotopic (exact) mass is 194 g/mol. The van der Waals surface area contributed by atoms with Gasteiger partial charge in [0.2, 0.25) is 0 Å². The Kier molecular flexibility index (Phi) is 2.31. The lowest BCUT2D eigenvalue weighted by atomic mass is 10.1. The molecule has 2 N–H and O–H groups in total. The molecule has 0 aliphatic rings. The number of aryl methyl sites for hydroxylation is 2. The Bertz CT molecular complexity index is 367. The predicted octanol–water partition coefficient (Wildman–Crippen LogP) is 2.10. The van der Waals surface area contributed by atoms with Crippen molar-refractivity contribution >= 4 is 17.2 Å². The molecule has 4 heteroatoms. The fraction of sp³-hybridized carbons (Fsp3) is 0.222. The van der Waals surface area contributed by atoms with Crippen molar-refractivity contribution in [1.29, 1.82) is 0 Å². The van der Waals surface area contributed by atoms with Crippen LogP contribution in [0.15, 0.2) is 27.4 Å². The zero-order valence-electron chi connectivity index (χ0n) is 7.06. The van der Waals surface area contributed by atoms with Crippen LogP contribution < -0.4 is 5.73 Å². The van der Waals surface area contributed by atoms with Crippen molar-refractivity contribution in [2.24, 2.45) is 0 Å². The Balaban J connectivity index is 1.93. The molecule has 0 bridgehead atoms. The van der Waals surface area contributed by atoms with Crippen LogP contribution in [0.5, 0.6) is 0 Å². The molecule has 13 heavy (non-hydrogen) atoms. The van der Waals surface area contributed by atoms with Gasteiger partial charge < -0.3 is 10.3 Å². The highest BCUT2D eigenvalue weighted by Gasteiger charge is 2.01. The van der Waals surface area contributed by atoms with Crippen LogP contribution in [0.3, 0.4) is 0 Å². The Hall–Kier alpha value is -1.29. The van der Waals surface area contributed by atoms with E-state index in [2.05, 4.69) is 22.0 Å². The van der Waals surface area contributed by atoms with Gasteiger partial charge in [-0.3, -0.25) is 0 Å². The zero-order valence-corrected chi connectivity index (χ0v) is 7.88. The number of anilines is 1. The molecular weight excluding hydrogens is 184 g/mol. The van der Waals surface area contributed by atoms with Crippen molar-refractivity contribution in [1.82, 2.24) is 5.16 Å². The quantitative estimate of drug-likeness (QED) is 0.814. The molecule has 2 aromatic rings. The lowest BCUT2D eigenvalue weighted by Crippen LogP contribution is -1.86. The molecule has 3 nitrogen and oxygen atoms in total. The summed E-state index contributed by atoms with van der Waals surface area (Å²) in [6.07, 6.45) is 1.85. The van der Waals surface area contributed by atoms with Gasteiger partial charge >= 0.3 is 0 Å². The summed E-state index contributed by atoms with van der Waals surface area (Å²) < 4.78 is 4.99. The van der Waals surface area contributed by atoms with Gasteiger partial charge in [-0.2, -0.15) is 11.3 Å². The average Bonchev–Trinajstić information content (AvgIpc) is 2.71. The third kappa shape index (κ3) is 2.09. The van der Waals surface area contributed by atoms with E-state index >= 15 is 0 Å². The van der Waals surface area contributed by atoms with Crippen molar-refractivity contribution in [2.45, 2.75) is 12.8 Å². The topological polar surface area (TPSA) is 52.0 Å². The molecule has 0 fully saturated rings. The molecule has 0 unspecified atom stereocenters. The molecule has 2 aromatic heterocycles. The summed E-state index contributed by atoms with van der Waals surface area (Å²) in [5.74, 6) is 1.31. The minimum Gasteiger partial charge on any atom is -0.381 e. The van der Waals surface area contributed by atoms with Crippen LogP contribution in [0.1, 0.15) is 11.3 Å². The highest BCUT2D eigenvalue weighted by Crippen LogP contribution is 2.11. The van der Waals surface area contributed by atoms with E-state index < -0.39 is 0 Å². The summed E-state index contributed by atoms with van der Waals surface area (Å²) in [6.45, 7) is 0. The summed E-state index contributed by atoms with van der Waals surface area (Å²) in [7, 11) is 0. The molecule has 2 rings (SSSR count). The van der Waals surface area contributed by atoms with Gasteiger partial charge in [-0.1, -0.05) is 5.16 Å². The third-order valence-electron chi connectivity index (χ3n) is 1.82. The van der Waals surface area contributed by atoms with E-state index in [1.54, 1.807) is 17.4 Å². The second kappa shape index (κ2) is 3.62. The molecule has 0 saturated heterocycles. The molecule has 0 saturated carbocycles. The first-order chi connectivity index (χ1) is 6.34. The van der Waals surface area contributed by atoms with E-state index in [4.69, 9.17) is 10.3 Å². The van der Waals surface area contributed by atoms with E-state index in [-0.39, 0.29) is 0 Å². The molecule has 0 aliphatic carbocycles. The minimum absolute atomic E-state index is 0.459. The second-order valence-electron chi connectivity index (χ2n) is 2.85. The summed E-state index contributed by atoms with van der Waals surface area (Å²) in [5, 5.41) is 7.83. The summed E-state index contributed by atoms with van der Waals surface area (Å²) >= 11 is 1.71. The molecule has 0 spiro atoms. The highest BCUT2D eigenvalue weighted by atomic mass is 32.1. The van der Waals surface area contributed by atoms with Gasteiger partial charge in [0.05, 0.1) is 0 Å². The van der Waals surface area contributed by atoms with Gasteiger partial charge in [-0.05, 0) is 28.8 Å². The fourth-order valence-corrected chi connectivity index (χ4v) is 1.85. The van der Waals surface area contributed by atoms with Gasteiger partial charge in [0.1, 0.15) is 5.76 Å². The summed E-state index contributed by atoms with van der Waals surface area (Å²) in [4.78, 5) is 0. The molecule has 0 atom stereocenters. The largest absolute Gasteiger partial charge is 0.381 e. The van der Waals surface area contributed by atoms with Crippen LogP contribution in [0.25, 0.3) is 0 Å². The minimum atomic E-state index is 0.459. The molecule has 0 aromatic carbocycles. The van der Waals surface area contributed by atoms with E-state index in [0.717, 1.165) is 18.6 Å². The van der Waals surface area contributed by atoms with Crippen LogP contribution in [-0.4, -0.2) is 5.16 Å². The first-order valence-corrected chi connectivity index (χ1v) is 5.01. The maximum absolute atomic E-state index is 5.42. The van der Waals surface area contributed by atoms with Crippen LogP contribution in [0, 0.1) is 0 Å². The zero-order chi connectivity index (χ0) is 9.10. The van der Waals surface area contributed by atoms with Crippen LogP contribution >= 0.6 is 11.3 Å². The number of aromatic nitrogens is 1. The van der Waals surface area contributed by atoms with E-state index in [1.807, 2.05) is 0 Å². The number of nitrogens with zero attached hydrogens (tertiary/aromatic N) is 1. The SMILES string of the molecule is Nc1cc(CCc2ccsc2)on1. The first-order valence-electron chi connectivity index (χ1n) is 4.07. The van der Waals surface area contributed by atoms with Crippen molar-refractivity contribution in [3.05, 3.63) is 34.2 Å². The number of nitrogen functional groups attached to an aromatic ring is 1. The van der Waals surface area contributed by atoms with Crippen molar-refractivity contribution < 1.29 is 4.52 Å². The molecule has 0 radical (unpaired) electrons. The van der Waals surface area contributed by atoms with Crippen molar-refractivity contribution in [3.63, 3.8) is 0 Å². The van der Waals surface area contributed by atoms with Crippen LogP contribution in [-0.2, 0) is 12.8 Å².